The minimum absolute atomic E-state index is 0.0673. The van der Waals surface area contributed by atoms with Gasteiger partial charge in [-0.15, -0.1) is 0 Å². The first-order valence-electron chi connectivity index (χ1n) is 6.02. The number of nitrogens with zero attached hydrogens (tertiary/aromatic N) is 2. The molecule has 1 aliphatic heterocycles. The molecule has 1 saturated heterocycles. The van der Waals surface area contributed by atoms with Crippen LogP contribution in [0.1, 0.15) is 18.2 Å². The van der Waals surface area contributed by atoms with E-state index in [9.17, 15) is 14.7 Å². The Hall–Kier alpha value is -1.97. The highest BCUT2D eigenvalue weighted by molar-refractivity contribution is 5.77. The first-order valence-corrected chi connectivity index (χ1v) is 6.02. The van der Waals surface area contributed by atoms with E-state index in [-0.39, 0.29) is 25.3 Å². The molecule has 9 heteroatoms. The van der Waals surface area contributed by atoms with Gasteiger partial charge in [0, 0.05) is 18.2 Å². The van der Waals surface area contributed by atoms with Gasteiger partial charge < -0.3 is 26.4 Å². The SMILES string of the molecule is NC(=O)Cc1cn([C@H]2C[C@H](O)[C@@H](CO)O2)c(=O)nc1N. The first kappa shape index (κ1) is 14.4. The molecule has 1 fully saturated rings. The summed E-state index contributed by atoms with van der Waals surface area (Å²) in [7, 11) is 0. The van der Waals surface area contributed by atoms with Gasteiger partial charge in [-0.3, -0.25) is 9.36 Å². The number of hydrogen-bond donors (Lipinski definition) is 4. The van der Waals surface area contributed by atoms with E-state index in [1.165, 1.54) is 6.20 Å². The molecule has 20 heavy (non-hydrogen) atoms. The van der Waals surface area contributed by atoms with Crippen molar-refractivity contribution in [1.29, 1.82) is 0 Å². The van der Waals surface area contributed by atoms with E-state index in [2.05, 4.69) is 4.98 Å². The van der Waals surface area contributed by atoms with Gasteiger partial charge in [0.1, 0.15) is 18.1 Å². The number of ether oxygens (including phenoxy) is 1. The number of carbonyl (C=O) groups excluding carboxylic acids is 1. The highest BCUT2D eigenvalue weighted by Crippen LogP contribution is 2.27. The van der Waals surface area contributed by atoms with Crippen molar-refractivity contribution in [2.24, 2.45) is 5.73 Å². The van der Waals surface area contributed by atoms with Gasteiger partial charge in [-0.05, 0) is 0 Å². The summed E-state index contributed by atoms with van der Waals surface area (Å²) in [5, 5.41) is 18.7. The van der Waals surface area contributed by atoms with Crippen LogP contribution in [0.4, 0.5) is 5.82 Å². The third-order valence-corrected chi connectivity index (χ3v) is 3.12. The summed E-state index contributed by atoms with van der Waals surface area (Å²) in [6, 6.07) is 0. The average molecular weight is 284 g/mol. The molecule has 0 bridgehead atoms. The van der Waals surface area contributed by atoms with E-state index in [0.717, 1.165) is 4.57 Å². The number of aliphatic hydroxyl groups excluding tert-OH is 2. The number of anilines is 1. The fraction of sp³-hybridized carbons (Fsp3) is 0.545. The normalized spacial score (nSPS) is 25.8. The second kappa shape index (κ2) is 5.57. The summed E-state index contributed by atoms with van der Waals surface area (Å²) in [5.41, 5.74) is 10.3. The van der Waals surface area contributed by atoms with Crippen LogP contribution < -0.4 is 17.2 Å². The van der Waals surface area contributed by atoms with Gasteiger partial charge in [0.05, 0.1) is 19.1 Å². The lowest BCUT2D eigenvalue weighted by atomic mass is 10.2. The maximum absolute atomic E-state index is 11.8. The molecule has 0 spiro atoms. The van der Waals surface area contributed by atoms with Crippen LogP contribution in [0.25, 0.3) is 0 Å². The monoisotopic (exact) mass is 284 g/mol. The van der Waals surface area contributed by atoms with E-state index in [1.807, 2.05) is 0 Å². The molecule has 110 valence electrons. The highest BCUT2D eigenvalue weighted by Gasteiger charge is 2.35. The van der Waals surface area contributed by atoms with Crippen LogP contribution in [0.2, 0.25) is 0 Å². The topological polar surface area (TPSA) is 154 Å². The number of amides is 1. The van der Waals surface area contributed by atoms with Gasteiger partial charge in [-0.1, -0.05) is 0 Å². The van der Waals surface area contributed by atoms with Crippen LogP contribution in [-0.4, -0.2) is 44.5 Å². The lowest BCUT2D eigenvalue weighted by Crippen LogP contribution is -2.30. The van der Waals surface area contributed by atoms with Crippen molar-refractivity contribution in [2.45, 2.75) is 31.3 Å². The summed E-state index contributed by atoms with van der Waals surface area (Å²) in [6.45, 7) is -0.358. The number of carbonyl (C=O) groups is 1. The van der Waals surface area contributed by atoms with Gasteiger partial charge in [-0.25, -0.2) is 4.79 Å². The maximum Gasteiger partial charge on any atom is 0.351 e. The van der Waals surface area contributed by atoms with Gasteiger partial charge >= 0.3 is 5.69 Å². The lowest BCUT2D eigenvalue weighted by molar-refractivity contribution is -0.117. The van der Waals surface area contributed by atoms with Crippen LogP contribution in [0, 0.1) is 0 Å². The Labute approximate surface area is 113 Å². The molecule has 2 heterocycles. The molecule has 6 N–H and O–H groups in total. The Morgan fingerprint density at radius 1 is 1.60 bits per heavy atom. The molecular formula is C11H16N4O5. The fourth-order valence-electron chi connectivity index (χ4n) is 2.10. The Bertz CT molecular complexity index is 572. The smallest absolute Gasteiger partial charge is 0.351 e. The zero-order valence-electron chi connectivity index (χ0n) is 10.6. The Balaban J connectivity index is 2.32. The van der Waals surface area contributed by atoms with E-state index >= 15 is 0 Å². The molecule has 1 aliphatic rings. The number of primary amides is 1. The minimum atomic E-state index is -0.881. The van der Waals surface area contributed by atoms with Crippen molar-refractivity contribution in [3.8, 4) is 0 Å². The van der Waals surface area contributed by atoms with Crippen LogP contribution in [0.15, 0.2) is 11.0 Å². The molecule has 0 aliphatic carbocycles. The molecular weight excluding hydrogens is 268 g/mol. The van der Waals surface area contributed by atoms with E-state index < -0.39 is 30.0 Å². The molecule has 1 aromatic rings. The summed E-state index contributed by atoms with van der Waals surface area (Å²) in [6.07, 6.45) is -1.09. The highest BCUT2D eigenvalue weighted by atomic mass is 16.5. The maximum atomic E-state index is 11.8. The predicted molar refractivity (Wildman–Crippen MR) is 67.4 cm³/mol. The molecule has 3 atom stereocenters. The zero-order valence-corrected chi connectivity index (χ0v) is 10.6. The van der Waals surface area contributed by atoms with Crippen molar-refractivity contribution in [1.82, 2.24) is 9.55 Å². The van der Waals surface area contributed by atoms with Crippen LogP contribution >= 0.6 is 0 Å². The summed E-state index contributed by atoms with van der Waals surface area (Å²) >= 11 is 0. The van der Waals surface area contributed by atoms with Crippen LogP contribution in [-0.2, 0) is 16.0 Å². The first-order chi connectivity index (χ1) is 9.42. The quantitative estimate of drug-likeness (QED) is 0.476. The number of nitrogen functional groups attached to an aromatic ring is 1. The third-order valence-electron chi connectivity index (χ3n) is 3.12. The van der Waals surface area contributed by atoms with Crippen molar-refractivity contribution >= 4 is 11.7 Å². The second-order valence-corrected chi connectivity index (χ2v) is 4.60. The van der Waals surface area contributed by atoms with Crippen molar-refractivity contribution < 1.29 is 19.7 Å². The van der Waals surface area contributed by atoms with E-state index in [0.29, 0.717) is 5.56 Å². The Kier molecular flexibility index (Phi) is 4.02. The number of aromatic nitrogens is 2. The van der Waals surface area contributed by atoms with Gasteiger partial charge in [0.25, 0.3) is 0 Å². The van der Waals surface area contributed by atoms with Crippen LogP contribution in [0.3, 0.4) is 0 Å². The Morgan fingerprint density at radius 2 is 2.30 bits per heavy atom. The molecule has 9 nitrogen and oxygen atoms in total. The summed E-state index contributed by atoms with van der Waals surface area (Å²) < 4.78 is 6.49. The van der Waals surface area contributed by atoms with Gasteiger partial charge in [0.2, 0.25) is 5.91 Å². The Morgan fingerprint density at radius 3 is 2.85 bits per heavy atom. The van der Waals surface area contributed by atoms with E-state index in [4.69, 9.17) is 21.3 Å². The standard InChI is InChI=1S/C11H16N4O5/c12-8(18)1-5-3-15(11(19)14-10(5)13)9-2-6(17)7(4-16)20-9/h3,6-7,9,16-17H,1-2,4H2,(H2,12,18)(H2,13,14,19)/t6-,7+,9+/m0/s1. The zero-order chi connectivity index (χ0) is 14.9. The lowest BCUT2D eigenvalue weighted by Gasteiger charge is -2.15. The molecule has 1 aromatic heterocycles. The van der Waals surface area contributed by atoms with Crippen molar-refractivity contribution in [2.75, 3.05) is 12.3 Å². The molecule has 2 rings (SSSR count). The molecule has 0 radical (unpaired) electrons. The number of aliphatic hydroxyl groups is 2. The molecule has 1 amide bonds. The molecule has 0 saturated carbocycles. The van der Waals surface area contributed by atoms with Crippen LogP contribution in [0.5, 0.6) is 0 Å². The summed E-state index contributed by atoms with van der Waals surface area (Å²) in [4.78, 5) is 26.3. The molecule has 0 aromatic carbocycles. The largest absolute Gasteiger partial charge is 0.394 e. The minimum Gasteiger partial charge on any atom is -0.394 e. The third kappa shape index (κ3) is 2.79. The van der Waals surface area contributed by atoms with Crippen molar-refractivity contribution in [3.63, 3.8) is 0 Å². The second-order valence-electron chi connectivity index (χ2n) is 4.60. The number of rotatable bonds is 4. The number of hydrogen-bond acceptors (Lipinski definition) is 7. The van der Waals surface area contributed by atoms with E-state index in [1.54, 1.807) is 0 Å². The molecule has 0 unspecified atom stereocenters. The fourth-order valence-corrected chi connectivity index (χ4v) is 2.10. The number of nitrogens with two attached hydrogens (primary N) is 2. The van der Waals surface area contributed by atoms with Crippen molar-refractivity contribution in [3.05, 3.63) is 22.2 Å². The van der Waals surface area contributed by atoms with Gasteiger partial charge in [-0.2, -0.15) is 4.98 Å². The average Bonchev–Trinajstić information content (AvgIpc) is 2.73. The predicted octanol–water partition coefficient (Wildman–Crippen LogP) is -2.51. The van der Waals surface area contributed by atoms with Gasteiger partial charge in [0.15, 0.2) is 0 Å². The summed E-state index contributed by atoms with van der Waals surface area (Å²) in [5.74, 6) is -0.674.